The summed E-state index contributed by atoms with van der Waals surface area (Å²) in [6.45, 7) is 4.64. The molecule has 7 heteroatoms. The summed E-state index contributed by atoms with van der Waals surface area (Å²) < 4.78 is 28.2. The van der Waals surface area contributed by atoms with Gasteiger partial charge in [-0.15, -0.1) is 0 Å². The van der Waals surface area contributed by atoms with Crippen LogP contribution in [-0.2, 0) is 16.6 Å². The molecule has 0 aliphatic carbocycles. The van der Waals surface area contributed by atoms with Crippen molar-refractivity contribution < 1.29 is 8.42 Å². The third-order valence-corrected chi connectivity index (χ3v) is 4.11. The number of sulfonamides is 1. The summed E-state index contributed by atoms with van der Waals surface area (Å²) in [4.78, 5) is 3.97. The summed E-state index contributed by atoms with van der Waals surface area (Å²) >= 11 is 0. The Labute approximate surface area is 112 Å². The number of aromatic nitrogens is 3. The molecular formula is C12H16N4O2S. The molecule has 0 atom stereocenters. The minimum absolute atomic E-state index is 0.170. The van der Waals surface area contributed by atoms with Gasteiger partial charge in [-0.25, -0.2) is 13.1 Å². The molecule has 102 valence electrons. The number of pyridine rings is 1. The summed E-state index contributed by atoms with van der Waals surface area (Å²) in [5.74, 6) is 0. The quantitative estimate of drug-likeness (QED) is 0.881. The first-order valence-corrected chi connectivity index (χ1v) is 7.38. The van der Waals surface area contributed by atoms with E-state index < -0.39 is 10.0 Å². The van der Waals surface area contributed by atoms with E-state index in [1.54, 1.807) is 10.7 Å². The zero-order chi connectivity index (χ0) is 13.9. The van der Waals surface area contributed by atoms with Gasteiger partial charge >= 0.3 is 0 Å². The van der Waals surface area contributed by atoms with Crippen molar-refractivity contribution >= 4 is 10.0 Å². The van der Waals surface area contributed by atoms with E-state index in [1.165, 1.54) is 18.5 Å². The van der Waals surface area contributed by atoms with E-state index in [9.17, 15) is 8.42 Å². The zero-order valence-corrected chi connectivity index (χ0v) is 11.7. The molecule has 0 saturated heterocycles. The lowest BCUT2D eigenvalue weighted by atomic mass is 10.4. The maximum Gasteiger partial charge on any atom is 0.242 e. The third kappa shape index (κ3) is 3.39. The molecule has 0 radical (unpaired) electrons. The van der Waals surface area contributed by atoms with Crippen molar-refractivity contribution in [1.82, 2.24) is 19.5 Å². The summed E-state index contributed by atoms with van der Waals surface area (Å²) in [5.41, 5.74) is 1.94. The SMILES string of the molecule is Cc1cc(C)n(CCNS(=O)(=O)c2cccnc2)n1. The van der Waals surface area contributed by atoms with Crippen molar-refractivity contribution in [3.8, 4) is 0 Å². The van der Waals surface area contributed by atoms with Crippen LogP contribution in [0.5, 0.6) is 0 Å². The fraction of sp³-hybridized carbons (Fsp3) is 0.333. The highest BCUT2D eigenvalue weighted by atomic mass is 32.2. The molecule has 2 heterocycles. The average molecular weight is 280 g/mol. The van der Waals surface area contributed by atoms with Gasteiger partial charge < -0.3 is 0 Å². The van der Waals surface area contributed by atoms with Gasteiger partial charge in [0.15, 0.2) is 0 Å². The molecule has 19 heavy (non-hydrogen) atoms. The first-order chi connectivity index (χ1) is 8.99. The van der Waals surface area contributed by atoms with E-state index in [1.807, 2.05) is 19.9 Å². The van der Waals surface area contributed by atoms with Crippen molar-refractivity contribution in [2.75, 3.05) is 6.54 Å². The molecule has 6 nitrogen and oxygen atoms in total. The lowest BCUT2D eigenvalue weighted by molar-refractivity contribution is 0.554. The van der Waals surface area contributed by atoms with Crippen LogP contribution >= 0.6 is 0 Å². The minimum Gasteiger partial charge on any atom is -0.268 e. The first kappa shape index (κ1) is 13.7. The van der Waals surface area contributed by atoms with Crippen LogP contribution in [0, 0.1) is 13.8 Å². The lowest BCUT2D eigenvalue weighted by Crippen LogP contribution is -2.28. The van der Waals surface area contributed by atoms with Gasteiger partial charge in [0, 0.05) is 24.6 Å². The smallest absolute Gasteiger partial charge is 0.242 e. The van der Waals surface area contributed by atoms with Gasteiger partial charge in [-0.2, -0.15) is 5.10 Å². The van der Waals surface area contributed by atoms with Gasteiger partial charge in [0.25, 0.3) is 0 Å². The van der Waals surface area contributed by atoms with Crippen molar-refractivity contribution in [2.24, 2.45) is 0 Å². The Morgan fingerprint density at radius 2 is 2.16 bits per heavy atom. The molecule has 0 aliphatic heterocycles. The fourth-order valence-electron chi connectivity index (χ4n) is 1.78. The van der Waals surface area contributed by atoms with Crippen LogP contribution in [0.25, 0.3) is 0 Å². The Balaban J connectivity index is 1.98. The second kappa shape index (κ2) is 5.50. The Morgan fingerprint density at radius 3 is 2.74 bits per heavy atom. The number of nitrogens with zero attached hydrogens (tertiary/aromatic N) is 3. The molecule has 0 unspecified atom stereocenters. The molecule has 0 aromatic carbocycles. The van der Waals surface area contributed by atoms with Gasteiger partial charge in [-0.05, 0) is 32.0 Å². The van der Waals surface area contributed by atoms with E-state index in [0.717, 1.165) is 11.4 Å². The third-order valence-electron chi connectivity index (χ3n) is 2.66. The normalized spacial score (nSPS) is 11.7. The first-order valence-electron chi connectivity index (χ1n) is 5.90. The summed E-state index contributed by atoms with van der Waals surface area (Å²) in [7, 11) is -3.49. The van der Waals surface area contributed by atoms with Crippen molar-refractivity contribution in [2.45, 2.75) is 25.3 Å². The number of aryl methyl sites for hydroxylation is 2. The van der Waals surface area contributed by atoms with Gasteiger partial charge in [0.05, 0.1) is 12.2 Å². The highest BCUT2D eigenvalue weighted by Gasteiger charge is 2.13. The molecule has 0 saturated carbocycles. The predicted octanol–water partition coefficient (Wildman–Crippen LogP) is 0.873. The molecule has 2 aromatic rings. The highest BCUT2D eigenvalue weighted by Crippen LogP contribution is 2.05. The molecule has 2 rings (SSSR count). The summed E-state index contributed by atoms with van der Waals surface area (Å²) in [6.07, 6.45) is 2.86. The molecule has 0 bridgehead atoms. The maximum atomic E-state index is 11.9. The Kier molecular flexibility index (Phi) is 3.96. The molecule has 1 N–H and O–H groups in total. The molecule has 2 aromatic heterocycles. The zero-order valence-electron chi connectivity index (χ0n) is 10.9. The van der Waals surface area contributed by atoms with Gasteiger partial charge in [0.1, 0.15) is 4.90 Å². The van der Waals surface area contributed by atoms with Crippen LogP contribution in [0.1, 0.15) is 11.4 Å². The number of hydrogen-bond donors (Lipinski definition) is 1. The summed E-state index contributed by atoms with van der Waals surface area (Å²) in [5, 5.41) is 4.27. The second-order valence-corrected chi connectivity index (χ2v) is 6.00. The van der Waals surface area contributed by atoms with Gasteiger partial charge in [-0.1, -0.05) is 0 Å². The highest BCUT2D eigenvalue weighted by molar-refractivity contribution is 7.89. The van der Waals surface area contributed by atoms with E-state index in [2.05, 4.69) is 14.8 Å². The van der Waals surface area contributed by atoms with Crippen LogP contribution in [0.4, 0.5) is 0 Å². The lowest BCUT2D eigenvalue weighted by Gasteiger charge is -2.07. The minimum atomic E-state index is -3.49. The molecule has 0 fully saturated rings. The van der Waals surface area contributed by atoms with Crippen LogP contribution in [0.2, 0.25) is 0 Å². The Bertz CT molecular complexity index is 650. The van der Waals surface area contributed by atoms with Crippen LogP contribution in [0.15, 0.2) is 35.5 Å². The maximum absolute atomic E-state index is 11.9. The van der Waals surface area contributed by atoms with E-state index >= 15 is 0 Å². The van der Waals surface area contributed by atoms with Crippen LogP contribution in [-0.4, -0.2) is 29.7 Å². The molecule has 0 spiro atoms. The fourth-order valence-corrected chi connectivity index (χ4v) is 2.76. The Morgan fingerprint density at radius 1 is 1.37 bits per heavy atom. The topological polar surface area (TPSA) is 76.9 Å². The van der Waals surface area contributed by atoms with Crippen LogP contribution < -0.4 is 4.72 Å². The van der Waals surface area contributed by atoms with Crippen LogP contribution in [0.3, 0.4) is 0 Å². The van der Waals surface area contributed by atoms with E-state index in [0.29, 0.717) is 13.1 Å². The van der Waals surface area contributed by atoms with Crippen molar-refractivity contribution in [3.05, 3.63) is 42.0 Å². The van der Waals surface area contributed by atoms with Crippen molar-refractivity contribution in [1.29, 1.82) is 0 Å². The van der Waals surface area contributed by atoms with E-state index in [4.69, 9.17) is 0 Å². The predicted molar refractivity (Wildman–Crippen MR) is 71.1 cm³/mol. The molecular weight excluding hydrogens is 264 g/mol. The Hall–Kier alpha value is -1.73. The second-order valence-electron chi connectivity index (χ2n) is 4.24. The number of hydrogen-bond acceptors (Lipinski definition) is 4. The molecule has 0 aliphatic rings. The summed E-state index contributed by atoms with van der Waals surface area (Å²) in [6, 6.07) is 5.06. The van der Waals surface area contributed by atoms with Gasteiger partial charge in [-0.3, -0.25) is 9.67 Å². The monoisotopic (exact) mass is 280 g/mol. The molecule has 0 amide bonds. The van der Waals surface area contributed by atoms with E-state index in [-0.39, 0.29) is 4.90 Å². The standard InChI is InChI=1S/C12H16N4O2S/c1-10-8-11(2)16(15-10)7-6-14-19(17,18)12-4-3-5-13-9-12/h3-5,8-9,14H,6-7H2,1-2H3. The number of rotatable bonds is 5. The number of nitrogens with one attached hydrogen (secondary N) is 1. The largest absolute Gasteiger partial charge is 0.268 e. The van der Waals surface area contributed by atoms with Crippen molar-refractivity contribution in [3.63, 3.8) is 0 Å². The average Bonchev–Trinajstić information content (AvgIpc) is 2.69. The van der Waals surface area contributed by atoms with Gasteiger partial charge in [0.2, 0.25) is 10.0 Å².